The zero-order valence-corrected chi connectivity index (χ0v) is 15.7. The molecule has 0 saturated carbocycles. The van der Waals surface area contributed by atoms with Gasteiger partial charge in [-0.05, 0) is 43.8 Å². The van der Waals surface area contributed by atoms with E-state index >= 15 is 0 Å². The van der Waals surface area contributed by atoms with E-state index in [0.717, 1.165) is 16.1 Å². The average molecular weight is 367 g/mol. The van der Waals surface area contributed by atoms with Gasteiger partial charge in [-0.1, -0.05) is 23.8 Å². The minimum absolute atomic E-state index is 0.0171. The standard InChI is InChI=1S/C19H21N5OS/c1-11-6-7-14(12(2)9-11)23-18(25)16-13(3)22-19-20-10-21-24(19)17(16)15-5-4-8-26-15/h4-10,13,16-17H,1-3H3,(H,23,25)(H,20,21,22)/t13-,16-,17+/m0/s1. The summed E-state index contributed by atoms with van der Waals surface area (Å²) in [6.07, 6.45) is 1.53. The maximum absolute atomic E-state index is 13.2. The van der Waals surface area contributed by atoms with Crippen LogP contribution in [0.5, 0.6) is 0 Å². The second kappa shape index (κ2) is 6.57. The summed E-state index contributed by atoms with van der Waals surface area (Å²) in [6.45, 7) is 6.08. The molecule has 0 saturated heterocycles. The van der Waals surface area contributed by atoms with E-state index in [1.165, 1.54) is 11.9 Å². The highest BCUT2D eigenvalue weighted by molar-refractivity contribution is 7.10. The third kappa shape index (κ3) is 2.88. The zero-order chi connectivity index (χ0) is 18.3. The monoisotopic (exact) mass is 367 g/mol. The summed E-state index contributed by atoms with van der Waals surface area (Å²) in [5, 5.41) is 12.8. The molecule has 7 heteroatoms. The fourth-order valence-electron chi connectivity index (χ4n) is 3.57. The number of carbonyl (C=O) groups excluding carboxylic acids is 1. The van der Waals surface area contributed by atoms with Crippen molar-refractivity contribution in [3.05, 3.63) is 58.0 Å². The molecule has 0 bridgehead atoms. The van der Waals surface area contributed by atoms with Crippen LogP contribution in [-0.2, 0) is 4.79 Å². The van der Waals surface area contributed by atoms with Crippen LogP contribution in [0.25, 0.3) is 0 Å². The Morgan fingerprint density at radius 2 is 2.15 bits per heavy atom. The van der Waals surface area contributed by atoms with Crippen LogP contribution in [0.15, 0.2) is 42.0 Å². The molecule has 0 unspecified atom stereocenters. The number of anilines is 2. The van der Waals surface area contributed by atoms with Gasteiger partial charge in [0.25, 0.3) is 0 Å². The number of nitrogens with one attached hydrogen (secondary N) is 2. The molecule has 1 aromatic carbocycles. The van der Waals surface area contributed by atoms with Crippen molar-refractivity contribution >= 4 is 28.9 Å². The van der Waals surface area contributed by atoms with Crippen LogP contribution in [0.2, 0.25) is 0 Å². The lowest BCUT2D eigenvalue weighted by Gasteiger charge is -2.36. The molecule has 0 fully saturated rings. The molecule has 0 aliphatic carbocycles. The second-order valence-corrected chi connectivity index (χ2v) is 7.73. The first-order valence-corrected chi connectivity index (χ1v) is 9.50. The zero-order valence-electron chi connectivity index (χ0n) is 14.9. The summed E-state index contributed by atoms with van der Waals surface area (Å²) in [5.41, 5.74) is 3.09. The fourth-order valence-corrected chi connectivity index (χ4v) is 4.43. The highest BCUT2D eigenvalue weighted by atomic mass is 32.1. The van der Waals surface area contributed by atoms with Gasteiger partial charge in [0.2, 0.25) is 11.9 Å². The van der Waals surface area contributed by atoms with Crippen LogP contribution in [0.3, 0.4) is 0 Å². The number of benzene rings is 1. The van der Waals surface area contributed by atoms with E-state index in [1.54, 1.807) is 11.3 Å². The van der Waals surface area contributed by atoms with E-state index in [0.29, 0.717) is 5.95 Å². The summed E-state index contributed by atoms with van der Waals surface area (Å²) >= 11 is 1.63. The fraction of sp³-hybridized carbons (Fsp3) is 0.316. The molecule has 2 N–H and O–H groups in total. The number of rotatable bonds is 3. The highest BCUT2D eigenvalue weighted by Crippen LogP contribution is 2.38. The Balaban J connectivity index is 1.70. The first kappa shape index (κ1) is 16.8. The van der Waals surface area contributed by atoms with E-state index in [1.807, 2.05) is 49.0 Å². The van der Waals surface area contributed by atoms with Gasteiger partial charge >= 0.3 is 0 Å². The SMILES string of the molecule is Cc1ccc(NC(=O)[C@H]2[C@H](C)Nc3ncnn3[C@@H]2c2cccs2)c(C)c1. The third-order valence-corrected chi connectivity index (χ3v) is 5.79. The van der Waals surface area contributed by atoms with E-state index < -0.39 is 0 Å². The molecule has 0 radical (unpaired) electrons. The third-order valence-electron chi connectivity index (χ3n) is 4.85. The Labute approximate surface area is 156 Å². The van der Waals surface area contributed by atoms with E-state index in [2.05, 4.69) is 32.8 Å². The molecule has 0 spiro atoms. The van der Waals surface area contributed by atoms with Crippen LogP contribution >= 0.6 is 11.3 Å². The molecule has 4 rings (SSSR count). The van der Waals surface area contributed by atoms with Crippen molar-refractivity contribution in [2.75, 3.05) is 10.6 Å². The smallest absolute Gasteiger partial charge is 0.232 e. The minimum Gasteiger partial charge on any atom is -0.351 e. The van der Waals surface area contributed by atoms with E-state index in [9.17, 15) is 4.79 Å². The van der Waals surface area contributed by atoms with Crippen LogP contribution < -0.4 is 10.6 Å². The molecule has 3 heterocycles. The molecule has 6 nitrogen and oxygen atoms in total. The first-order chi connectivity index (χ1) is 12.5. The number of thiophene rings is 1. The molecule has 26 heavy (non-hydrogen) atoms. The predicted molar refractivity (Wildman–Crippen MR) is 104 cm³/mol. The highest BCUT2D eigenvalue weighted by Gasteiger charge is 2.41. The topological polar surface area (TPSA) is 71.8 Å². The van der Waals surface area contributed by atoms with Gasteiger partial charge in [0, 0.05) is 16.6 Å². The summed E-state index contributed by atoms with van der Waals surface area (Å²) in [4.78, 5) is 18.6. The summed E-state index contributed by atoms with van der Waals surface area (Å²) < 4.78 is 1.82. The van der Waals surface area contributed by atoms with E-state index in [-0.39, 0.29) is 23.9 Å². The van der Waals surface area contributed by atoms with E-state index in [4.69, 9.17) is 0 Å². The Morgan fingerprint density at radius 1 is 1.31 bits per heavy atom. The maximum Gasteiger partial charge on any atom is 0.232 e. The lowest BCUT2D eigenvalue weighted by Crippen LogP contribution is -2.46. The number of aromatic nitrogens is 3. The lowest BCUT2D eigenvalue weighted by atomic mass is 9.88. The van der Waals surface area contributed by atoms with Crippen LogP contribution in [0.1, 0.15) is 29.0 Å². The number of carbonyl (C=O) groups is 1. The number of fused-ring (bicyclic) bond motifs is 1. The van der Waals surface area contributed by atoms with Gasteiger partial charge < -0.3 is 10.6 Å². The summed E-state index contributed by atoms with van der Waals surface area (Å²) in [6, 6.07) is 9.87. The van der Waals surface area contributed by atoms with Gasteiger partial charge in [-0.25, -0.2) is 4.68 Å². The molecular formula is C19H21N5OS. The van der Waals surface area contributed by atoms with Gasteiger partial charge in [0.05, 0.1) is 5.92 Å². The number of hydrogen-bond donors (Lipinski definition) is 2. The van der Waals surface area contributed by atoms with Gasteiger partial charge in [-0.15, -0.1) is 11.3 Å². The van der Waals surface area contributed by atoms with Crippen molar-refractivity contribution in [2.45, 2.75) is 32.9 Å². The average Bonchev–Trinajstić information content (AvgIpc) is 3.27. The Morgan fingerprint density at radius 3 is 2.88 bits per heavy atom. The molecule has 3 atom stereocenters. The lowest BCUT2D eigenvalue weighted by molar-refractivity contribution is -0.121. The van der Waals surface area contributed by atoms with Crippen molar-refractivity contribution in [1.29, 1.82) is 0 Å². The van der Waals surface area contributed by atoms with Gasteiger partial charge in [0.15, 0.2) is 0 Å². The van der Waals surface area contributed by atoms with Crippen molar-refractivity contribution in [1.82, 2.24) is 14.8 Å². The van der Waals surface area contributed by atoms with Gasteiger partial charge in [-0.3, -0.25) is 4.79 Å². The van der Waals surface area contributed by atoms with Crippen LogP contribution in [-0.4, -0.2) is 26.7 Å². The summed E-state index contributed by atoms with van der Waals surface area (Å²) in [5.74, 6) is 0.381. The summed E-state index contributed by atoms with van der Waals surface area (Å²) in [7, 11) is 0. The number of hydrogen-bond acceptors (Lipinski definition) is 5. The Bertz CT molecular complexity index is 933. The van der Waals surface area contributed by atoms with Crippen LogP contribution in [0.4, 0.5) is 11.6 Å². The molecule has 3 aromatic rings. The minimum atomic E-state index is -0.302. The Kier molecular flexibility index (Phi) is 4.24. The molecular weight excluding hydrogens is 346 g/mol. The molecule has 1 amide bonds. The quantitative estimate of drug-likeness (QED) is 0.742. The first-order valence-electron chi connectivity index (χ1n) is 8.62. The molecule has 1 aliphatic heterocycles. The molecule has 1 aliphatic rings. The van der Waals surface area contributed by atoms with Crippen molar-refractivity contribution in [3.8, 4) is 0 Å². The van der Waals surface area contributed by atoms with Gasteiger partial charge in [-0.2, -0.15) is 10.1 Å². The van der Waals surface area contributed by atoms with Crippen molar-refractivity contribution in [2.24, 2.45) is 5.92 Å². The molecule has 2 aromatic heterocycles. The second-order valence-electron chi connectivity index (χ2n) is 6.75. The van der Waals surface area contributed by atoms with Crippen molar-refractivity contribution < 1.29 is 4.79 Å². The number of amides is 1. The van der Waals surface area contributed by atoms with Crippen molar-refractivity contribution in [3.63, 3.8) is 0 Å². The van der Waals surface area contributed by atoms with Gasteiger partial charge in [0.1, 0.15) is 12.4 Å². The normalized spacial score (nSPS) is 21.7. The number of nitrogens with zero attached hydrogens (tertiary/aromatic N) is 3. The maximum atomic E-state index is 13.2. The van der Waals surface area contributed by atoms with Crippen LogP contribution in [0, 0.1) is 19.8 Å². The number of aryl methyl sites for hydroxylation is 2. The Hall–Kier alpha value is -2.67. The molecule has 134 valence electrons. The largest absolute Gasteiger partial charge is 0.351 e. The predicted octanol–water partition coefficient (Wildman–Crippen LogP) is 3.61.